The van der Waals surface area contributed by atoms with Gasteiger partial charge in [-0.25, -0.2) is 13.4 Å². The number of amides is 1. The molecular formula is C17H18N4O4S. The second-order valence-electron chi connectivity index (χ2n) is 6.14. The number of rotatable bonds is 3. The standard InChI is InChI=1S/C17H18N4O4S/c1-12-19-14-5-4-13(11-16(14)25-12)26(23,24)21-9-7-20(8-10-21)17(22)15-3-2-6-18-15/h2-6,11,18H,7-10H2,1H3. The molecule has 0 aliphatic carbocycles. The van der Waals surface area contributed by atoms with E-state index in [4.69, 9.17) is 4.42 Å². The van der Waals surface area contributed by atoms with Gasteiger partial charge in [0.25, 0.3) is 5.91 Å². The average molecular weight is 374 g/mol. The number of hydrogen-bond acceptors (Lipinski definition) is 5. The first kappa shape index (κ1) is 16.8. The molecule has 1 N–H and O–H groups in total. The first-order chi connectivity index (χ1) is 12.4. The second kappa shape index (κ2) is 6.26. The predicted molar refractivity (Wildman–Crippen MR) is 94.2 cm³/mol. The highest BCUT2D eigenvalue weighted by atomic mass is 32.2. The van der Waals surface area contributed by atoms with Crippen LogP contribution in [0.2, 0.25) is 0 Å². The van der Waals surface area contributed by atoms with Crippen LogP contribution < -0.4 is 0 Å². The lowest BCUT2D eigenvalue weighted by molar-refractivity contribution is 0.0692. The largest absolute Gasteiger partial charge is 0.441 e. The minimum absolute atomic E-state index is 0.120. The van der Waals surface area contributed by atoms with Gasteiger partial charge in [0.15, 0.2) is 11.5 Å². The van der Waals surface area contributed by atoms with E-state index in [2.05, 4.69) is 9.97 Å². The Labute approximate surface area is 150 Å². The summed E-state index contributed by atoms with van der Waals surface area (Å²) >= 11 is 0. The lowest BCUT2D eigenvalue weighted by atomic mass is 10.3. The molecule has 1 aliphatic rings. The smallest absolute Gasteiger partial charge is 0.270 e. The van der Waals surface area contributed by atoms with E-state index >= 15 is 0 Å². The summed E-state index contributed by atoms with van der Waals surface area (Å²) in [6.07, 6.45) is 1.69. The van der Waals surface area contributed by atoms with Gasteiger partial charge in [0.1, 0.15) is 11.2 Å². The number of aromatic nitrogens is 2. The van der Waals surface area contributed by atoms with E-state index in [0.29, 0.717) is 35.8 Å². The number of benzene rings is 1. The van der Waals surface area contributed by atoms with Crippen LogP contribution in [0.5, 0.6) is 0 Å². The third-order valence-electron chi connectivity index (χ3n) is 4.46. The van der Waals surface area contributed by atoms with E-state index in [0.717, 1.165) is 0 Å². The maximum Gasteiger partial charge on any atom is 0.270 e. The molecule has 0 atom stereocenters. The highest BCUT2D eigenvalue weighted by Crippen LogP contribution is 2.23. The third-order valence-corrected chi connectivity index (χ3v) is 6.35. The van der Waals surface area contributed by atoms with Crippen molar-refractivity contribution in [2.24, 2.45) is 0 Å². The number of nitrogens with zero attached hydrogens (tertiary/aromatic N) is 3. The molecule has 1 fully saturated rings. The van der Waals surface area contributed by atoms with Crippen molar-refractivity contribution in [1.29, 1.82) is 0 Å². The van der Waals surface area contributed by atoms with Crippen LogP contribution >= 0.6 is 0 Å². The van der Waals surface area contributed by atoms with Crippen LogP contribution in [-0.4, -0.2) is 59.7 Å². The molecule has 2 aromatic heterocycles. The number of oxazole rings is 1. The van der Waals surface area contributed by atoms with Crippen molar-refractivity contribution in [2.45, 2.75) is 11.8 Å². The van der Waals surface area contributed by atoms with Crippen molar-refractivity contribution in [3.8, 4) is 0 Å². The lowest BCUT2D eigenvalue weighted by Gasteiger charge is -2.33. The first-order valence-electron chi connectivity index (χ1n) is 8.25. The predicted octanol–water partition coefficient (Wildman–Crippen LogP) is 1.61. The van der Waals surface area contributed by atoms with Crippen LogP contribution in [0, 0.1) is 6.92 Å². The Morgan fingerprint density at radius 1 is 1.19 bits per heavy atom. The van der Waals surface area contributed by atoms with Gasteiger partial charge in [-0.2, -0.15) is 4.31 Å². The number of piperazine rings is 1. The molecule has 0 bridgehead atoms. The molecule has 136 valence electrons. The fourth-order valence-electron chi connectivity index (χ4n) is 3.09. The Morgan fingerprint density at radius 2 is 1.96 bits per heavy atom. The third kappa shape index (κ3) is 2.89. The molecule has 0 radical (unpaired) electrons. The van der Waals surface area contributed by atoms with Gasteiger partial charge in [0.2, 0.25) is 10.0 Å². The van der Waals surface area contributed by atoms with Gasteiger partial charge in [-0.1, -0.05) is 0 Å². The average Bonchev–Trinajstić information content (AvgIpc) is 3.29. The Kier molecular flexibility index (Phi) is 4.04. The first-order valence-corrected chi connectivity index (χ1v) is 9.69. The SMILES string of the molecule is Cc1nc2ccc(S(=O)(=O)N3CCN(C(=O)c4ccc[nH]4)CC3)cc2o1. The molecule has 3 aromatic rings. The van der Waals surface area contributed by atoms with E-state index in [9.17, 15) is 13.2 Å². The number of aryl methyl sites for hydroxylation is 1. The summed E-state index contributed by atoms with van der Waals surface area (Å²) < 4.78 is 32.6. The molecule has 3 heterocycles. The molecule has 0 spiro atoms. The summed E-state index contributed by atoms with van der Waals surface area (Å²) in [7, 11) is -3.65. The summed E-state index contributed by atoms with van der Waals surface area (Å²) in [5.74, 6) is 0.372. The zero-order valence-electron chi connectivity index (χ0n) is 14.2. The molecule has 1 saturated heterocycles. The van der Waals surface area contributed by atoms with Crippen molar-refractivity contribution in [3.63, 3.8) is 0 Å². The molecule has 4 rings (SSSR count). The molecule has 0 saturated carbocycles. The van der Waals surface area contributed by atoms with Crippen LogP contribution in [0.1, 0.15) is 16.4 Å². The maximum absolute atomic E-state index is 12.9. The summed E-state index contributed by atoms with van der Waals surface area (Å²) in [5, 5.41) is 0. The van der Waals surface area contributed by atoms with Gasteiger partial charge in [-0.05, 0) is 24.3 Å². The number of hydrogen-bond donors (Lipinski definition) is 1. The fourth-order valence-corrected chi connectivity index (χ4v) is 4.53. The highest BCUT2D eigenvalue weighted by molar-refractivity contribution is 7.89. The van der Waals surface area contributed by atoms with Gasteiger partial charge >= 0.3 is 0 Å². The van der Waals surface area contributed by atoms with Crippen LogP contribution in [0.15, 0.2) is 45.8 Å². The Hall–Kier alpha value is -2.65. The molecule has 0 unspecified atom stereocenters. The number of H-pyrrole nitrogens is 1. The zero-order valence-corrected chi connectivity index (χ0v) is 15.0. The number of fused-ring (bicyclic) bond motifs is 1. The summed E-state index contributed by atoms with van der Waals surface area (Å²) in [5.41, 5.74) is 1.58. The lowest BCUT2D eigenvalue weighted by Crippen LogP contribution is -2.50. The number of nitrogens with one attached hydrogen (secondary N) is 1. The normalized spacial score (nSPS) is 16.3. The van der Waals surface area contributed by atoms with Crippen LogP contribution in [0.4, 0.5) is 0 Å². The molecular weight excluding hydrogens is 356 g/mol. The molecule has 9 heteroatoms. The molecule has 26 heavy (non-hydrogen) atoms. The Bertz CT molecular complexity index is 1050. The van der Waals surface area contributed by atoms with E-state index < -0.39 is 10.0 Å². The van der Waals surface area contributed by atoms with Crippen molar-refractivity contribution < 1.29 is 17.6 Å². The quantitative estimate of drug-likeness (QED) is 0.751. The van der Waals surface area contributed by atoms with Gasteiger partial charge in [0.05, 0.1) is 4.90 Å². The van der Waals surface area contributed by atoms with E-state index in [1.54, 1.807) is 36.2 Å². The topological polar surface area (TPSA) is 99.5 Å². The van der Waals surface area contributed by atoms with E-state index in [1.165, 1.54) is 16.4 Å². The number of carbonyl (C=O) groups excluding carboxylic acids is 1. The Balaban J connectivity index is 1.51. The van der Waals surface area contributed by atoms with Crippen LogP contribution in [0.3, 0.4) is 0 Å². The Morgan fingerprint density at radius 3 is 2.65 bits per heavy atom. The minimum atomic E-state index is -3.65. The number of aromatic amines is 1. The van der Waals surface area contributed by atoms with Crippen LogP contribution in [0.25, 0.3) is 11.1 Å². The fraction of sp³-hybridized carbons (Fsp3) is 0.294. The van der Waals surface area contributed by atoms with Crippen LogP contribution in [-0.2, 0) is 10.0 Å². The summed E-state index contributed by atoms with van der Waals surface area (Å²) in [4.78, 5) is 21.2. The monoisotopic (exact) mass is 374 g/mol. The van der Waals surface area contributed by atoms with Gasteiger partial charge in [0, 0.05) is 45.4 Å². The molecule has 8 nitrogen and oxygen atoms in total. The van der Waals surface area contributed by atoms with Crippen molar-refractivity contribution in [3.05, 3.63) is 48.1 Å². The van der Waals surface area contributed by atoms with Gasteiger partial charge in [-0.15, -0.1) is 0 Å². The van der Waals surface area contributed by atoms with Gasteiger partial charge in [-0.3, -0.25) is 4.79 Å². The highest BCUT2D eigenvalue weighted by Gasteiger charge is 2.31. The number of carbonyl (C=O) groups is 1. The van der Waals surface area contributed by atoms with E-state index in [-0.39, 0.29) is 23.9 Å². The maximum atomic E-state index is 12.9. The van der Waals surface area contributed by atoms with Crippen molar-refractivity contribution in [1.82, 2.24) is 19.2 Å². The molecule has 1 aromatic carbocycles. The number of sulfonamides is 1. The van der Waals surface area contributed by atoms with Gasteiger partial charge < -0.3 is 14.3 Å². The second-order valence-corrected chi connectivity index (χ2v) is 8.08. The zero-order chi connectivity index (χ0) is 18.3. The molecule has 1 amide bonds. The van der Waals surface area contributed by atoms with E-state index in [1.807, 2.05) is 0 Å². The van der Waals surface area contributed by atoms with Crippen molar-refractivity contribution in [2.75, 3.05) is 26.2 Å². The summed E-state index contributed by atoms with van der Waals surface area (Å²) in [6, 6.07) is 8.15. The molecule has 1 aliphatic heterocycles. The minimum Gasteiger partial charge on any atom is -0.441 e. The summed E-state index contributed by atoms with van der Waals surface area (Å²) in [6.45, 7) is 2.92. The van der Waals surface area contributed by atoms with Crippen molar-refractivity contribution >= 4 is 27.0 Å².